The van der Waals surface area contributed by atoms with Gasteiger partial charge in [0.1, 0.15) is 0 Å². The van der Waals surface area contributed by atoms with Crippen LogP contribution in [0.2, 0.25) is 5.02 Å². The van der Waals surface area contributed by atoms with E-state index in [9.17, 15) is 18.8 Å². The molecule has 0 unspecified atom stereocenters. The molecule has 1 aliphatic carbocycles. The molecule has 27 heavy (non-hydrogen) atoms. The molecule has 0 aliphatic heterocycles. The third-order valence-electron chi connectivity index (χ3n) is 5.26. The van der Waals surface area contributed by atoms with Crippen molar-refractivity contribution in [2.45, 2.75) is 43.1 Å². The summed E-state index contributed by atoms with van der Waals surface area (Å²) in [5.74, 6) is 0.184. The molecule has 1 aliphatic rings. The maximum Gasteiger partial charge on any atom is 0.178 e. The molecule has 0 saturated heterocycles. The average molecular weight is 404 g/mol. The predicted octanol–water partition coefficient (Wildman–Crippen LogP) is 4.59. The molecule has 0 amide bonds. The molecule has 0 heterocycles. The van der Waals surface area contributed by atoms with Crippen molar-refractivity contribution >= 4 is 21.4 Å². The van der Waals surface area contributed by atoms with Crippen molar-refractivity contribution in [2.75, 3.05) is 5.75 Å². The van der Waals surface area contributed by atoms with Gasteiger partial charge in [-0.2, -0.15) is 5.26 Å². The second kappa shape index (κ2) is 7.63. The number of rotatable bonds is 4. The van der Waals surface area contributed by atoms with Gasteiger partial charge in [0.15, 0.2) is 9.84 Å². The van der Waals surface area contributed by atoms with Gasteiger partial charge in [-0.25, -0.2) is 8.42 Å². The molecule has 142 valence electrons. The molecule has 2 aromatic rings. The summed E-state index contributed by atoms with van der Waals surface area (Å²) in [5.41, 5.74) is 1.28. The van der Waals surface area contributed by atoms with Gasteiger partial charge in [0, 0.05) is 5.02 Å². The number of halogens is 1. The summed E-state index contributed by atoms with van der Waals surface area (Å²) in [6.45, 7) is 1.81. The zero-order chi connectivity index (χ0) is 19.7. The zero-order valence-corrected chi connectivity index (χ0v) is 16.7. The molecule has 1 saturated carbocycles. The van der Waals surface area contributed by atoms with Gasteiger partial charge in [0.2, 0.25) is 0 Å². The summed E-state index contributed by atoms with van der Waals surface area (Å²) in [6, 6.07) is 13.8. The summed E-state index contributed by atoms with van der Waals surface area (Å²) < 4.78 is 25.5. The quantitative estimate of drug-likeness (QED) is 0.809. The third kappa shape index (κ3) is 4.70. The Morgan fingerprint density at radius 1 is 1.19 bits per heavy atom. The Labute approximate surface area is 165 Å². The predicted molar refractivity (Wildman–Crippen MR) is 106 cm³/mol. The molecule has 4 nitrogen and oxygen atoms in total. The summed E-state index contributed by atoms with van der Waals surface area (Å²) in [4.78, 5) is 0.288. The van der Waals surface area contributed by atoms with Crippen LogP contribution in [0.3, 0.4) is 0 Å². The molecule has 6 heteroatoms. The van der Waals surface area contributed by atoms with E-state index >= 15 is 0 Å². The fourth-order valence-corrected chi connectivity index (χ4v) is 5.44. The van der Waals surface area contributed by atoms with Crippen molar-refractivity contribution in [1.82, 2.24) is 0 Å². The lowest BCUT2D eigenvalue weighted by atomic mass is 9.81. The maximum absolute atomic E-state index is 12.7. The van der Waals surface area contributed by atoms with E-state index in [4.69, 9.17) is 11.6 Å². The van der Waals surface area contributed by atoms with Crippen LogP contribution in [0, 0.1) is 17.2 Å². The number of hydrogen-bond donors (Lipinski definition) is 1. The smallest absolute Gasteiger partial charge is 0.178 e. The largest absolute Gasteiger partial charge is 0.390 e. The summed E-state index contributed by atoms with van der Waals surface area (Å²) in [5, 5.41) is 19.8. The number of benzene rings is 2. The highest BCUT2D eigenvalue weighted by Crippen LogP contribution is 2.34. The first-order valence-corrected chi connectivity index (χ1v) is 11.0. The summed E-state index contributed by atoms with van der Waals surface area (Å²) in [7, 11) is -3.39. The normalized spacial score (nSPS) is 23.0. The van der Waals surface area contributed by atoms with Gasteiger partial charge >= 0.3 is 0 Å². The number of nitrogens with zero attached hydrogens (tertiary/aromatic N) is 1. The summed E-state index contributed by atoms with van der Waals surface area (Å²) >= 11 is 5.93. The van der Waals surface area contributed by atoms with E-state index in [0.717, 1.165) is 24.0 Å². The Kier molecular flexibility index (Phi) is 5.62. The van der Waals surface area contributed by atoms with Gasteiger partial charge in [-0.05, 0) is 73.9 Å². The van der Waals surface area contributed by atoms with Crippen LogP contribution in [0.1, 0.15) is 38.2 Å². The first kappa shape index (κ1) is 19.9. The monoisotopic (exact) mass is 403 g/mol. The van der Waals surface area contributed by atoms with Crippen LogP contribution >= 0.6 is 11.6 Å². The minimum Gasteiger partial charge on any atom is -0.390 e. The van der Waals surface area contributed by atoms with E-state index in [-0.39, 0.29) is 16.6 Å². The van der Waals surface area contributed by atoms with Crippen molar-refractivity contribution in [1.29, 1.82) is 5.26 Å². The Hall–Kier alpha value is -1.87. The number of nitriles is 1. The van der Waals surface area contributed by atoms with E-state index in [2.05, 4.69) is 6.07 Å². The lowest BCUT2D eigenvalue weighted by molar-refractivity contribution is 0.0108. The van der Waals surface area contributed by atoms with Crippen LogP contribution in [0.25, 0.3) is 11.1 Å². The molecule has 0 aromatic heterocycles. The Morgan fingerprint density at radius 3 is 2.41 bits per heavy atom. The SMILES string of the molecule is CC1(O)CCC(CS(=O)(=O)c2ccc(-c3ccc(Cl)cc3C#N)cc2)CC1. The molecule has 0 spiro atoms. The van der Waals surface area contributed by atoms with E-state index < -0.39 is 15.4 Å². The minimum absolute atomic E-state index is 0.0800. The maximum atomic E-state index is 12.7. The van der Waals surface area contributed by atoms with Crippen molar-refractivity contribution in [3.8, 4) is 17.2 Å². The van der Waals surface area contributed by atoms with Crippen LogP contribution < -0.4 is 0 Å². The van der Waals surface area contributed by atoms with Gasteiger partial charge in [-0.15, -0.1) is 0 Å². The lowest BCUT2D eigenvalue weighted by Gasteiger charge is -2.32. The lowest BCUT2D eigenvalue weighted by Crippen LogP contribution is -2.32. The highest BCUT2D eigenvalue weighted by molar-refractivity contribution is 7.91. The van der Waals surface area contributed by atoms with Crippen LogP contribution in [0.4, 0.5) is 0 Å². The van der Waals surface area contributed by atoms with E-state index in [1.807, 2.05) is 6.92 Å². The molecule has 0 atom stereocenters. The van der Waals surface area contributed by atoms with E-state index in [1.54, 1.807) is 42.5 Å². The Morgan fingerprint density at radius 2 is 1.81 bits per heavy atom. The summed E-state index contributed by atoms with van der Waals surface area (Å²) in [6.07, 6.45) is 2.72. The third-order valence-corrected chi connectivity index (χ3v) is 7.40. The van der Waals surface area contributed by atoms with Crippen LogP contribution in [-0.4, -0.2) is 24.9 Å². The second-order valence-corrected chi connectivity index (χ2v) is 10.0. The standard InChI is InChI=1S/C21H22ClNO3S/c1-21(24)10-8-15(9-11-21)14-27(25,26)19-5-2-16(3-6-19)20-7-4-18(22)12-17(20)13-23/h2-7,12,15,24H,8-11,14H2,1H3. The molecule has 1 N–H and O–H groups in total. The van der Waals surface area contributed by atoms with Gasteiger partial charge in [-0.3, -0.25) is 0 Å². The first-order chi connectivity index (χ1) is 12.7. The van der Waals surface area contributed by atoms with Crippen molar-refractivity contribution in [3.05, 3.63) is 53.1 Å². The van der Waals surface area contributed by atoms with Gasteiger partial charge in [0.25, 0.3) is 0 Å². The molecule has 2 aromatic carbocycles. The highest BCUT2D eigenvalue weighted by Gasteiger charge is 2.31. The van der Waals surface area contributed by atoms with Crippen molar-refractivity contribution in [2.24, 2.45) is 5.92 Å². The van der Waals surface area contributed by atoms with Gasteiger partial charge in [0.05, 0.1) is 27.9 Å². The van der Waals surface area contributed by atoms with Gasteiger partial charge < -0.3 is 5.11 Å². The number of sulfone groups is 1. The highest BCUT2D eigenvalue weighted by atomic mass is 35.5. The van der Waals surface area contributed by atoms with Crippen molar-refractivity contribution in [3.63, 3.8) is 0 Å². The average Bonchev–Trinajstić information content (AvgIpc) is 2.63. The fourth-order valence-electron chi connectivity index (χ4n) is 3.58. The minimum atomic E-state index is -3.39. The molecular formula is C21H22ClNO3S. The van der Waals surface area contributed by atoms with Crippen LogP contribution in [0.5, 0.6) is 0 Å². The fraction of sp³-hybridized carbons (Fsp3) is 0.381. The molecular weight excluding hydrogens is 382 g/mol. The van der Waals surface area contributed by atoms with Crippen LogP contribution in [0.15, 0.2) is 47.4 Å². The second-order valence-electron chi connectivity index (χ2n) is 7.55. The molecule has 3 rings (SSSR count). The van der Waals surface area contributed by atoms with E-state index in [0.29, 0.717) is 23.4 Å². The first-order valence-electron chi connectivity index (χ1n) is 8.95. The van der Waals surface area contributed by atoms with Crippen molar-refractivity contribution < 1.29 is 13.5 Å². The molecule has 0 radical (unpaired) electrons. The number of hydrogen-bond acceptors (Lipinski definition) is 4. The van der Waals surface area contributed by atoms with E-state index in [1.165, 1.54) is 0 Å². The topological polar surface area (TPSA) is 78.2 Å². The number of aliphatic hydroxyl groups is 1. The zero-order valence-electron chi connectivity index (χ0n) is 15.2. The van der Waals surface area contributed by atoms with Gasteiger partial charge in [-0.1, -0.05) is 29.8 Å². The Balaban J connectivity index is 1.78. The Bertz CT molecular complexity index is 965. The van der Waals surface area contributed by atoms with Crippen LogP contribution in [-0.2, 0) is 9.84 Å². The molecule has 0 bridgehead atoms. The molecule has 1 fully saturated rings.